The predicted octanol–water partition coefficient (Wildman–Crippen LogP) is 3.82. The first-order valence-corrected chi connectivity index (χ1v) is 6.97. The summed E-state index contributed by atoms with van der Waals surface area (Å²) in [4.78, 5) is 19.2. The van der Waals surface area contributed by atoms with Crippen molar-refractivity contribution in [1.29, 1.82) is 0 Å². The van der Waals surface area contributed by atoms with Gasteiger partial charge in [-0.1, -0.05) is 22.0 Å². The average molecular weight is 349 g/mol. The zero-order valence-corrected chi connectivity index (χ0v) is 12.4. The minimum Gasteiger partial charge on any atom is -0.457 e. The van der Waals surface area contributed by atoms with Crippen molar-refractivity contribution in [2.75, 3.05) is 0 Å². The third kappa shape index (κ3) is 2.80. The maximum Gasteiger partial charge on any atom is 0.339 e. The summed E-state index contributed by atoms with van der Waals surface area (Å²) in [5.41, 5.74) is 1.77. The molecule has 3 rings (SSSR count). The largest absolute Gasteiger partial charge is 0.457 e. The van der Waals surface area contributed by atoms with E-state index in [0.717, 1.165) is 0 Å². The van der Waals surface area contributed by atoms with Crippen molar-refractivity contribution in [1.82, 2.24) is 9.97 Å². The third-order valence-electron chi connectivity index (χ3n) is 3.05. The number of carbonyl (C=O) groups excluding carboxylic acids is 1. The molecule has 1 N–H and O–H groups in total. The van der Waals surface area contributed by atoms with Crippen LogP contribution in [0.25, 0.3) is 11.0 Å². The second-order valence-electron chi connectivity index (χ2n) is 4.41. The average Bonchev–Trinajstić information content (AvgIpc) is 2.94. The fraction of sp³-hybridized carbons (Fsp3) is 0.0667. The predicted molar refractivity (Wildman–Crippen MR) is 79.3 cm³/mol. The number of hydrogen-bond acceptors (Lipinski definition) is 3. The van der Waals surface area contributed by atoms with Crippen LogP contribution in [-0.2, 0) is 11.3 Å². The molecule has 0 fully saturated rings. The number of carbonyl (C=O) groups is 1. The lowest BCUT2D eigenvalue weighted by atomic mass is 10.2. The summed E-state index contributed by atoms with van der Waals surface area (Å²) in [6.45, 7) is 0.0634. The van der Waals surface area contributed by atoms with Crippen molar-refractivity contribution in [3.8, 4) is 0 Å². The topological polar surface area (TPSA) is 55.0 Å². The van der Waals surface area contributed by atoms with Crippen molar-refractivity contribution in [2.24, 2.45) is 0 Å². The molecule has 0 radical (unpaired) electrons. The highest BCUT2D eigenvalue weighted by Gasteiger charge is 2.13. The molecule has 0 saturated heterocycles. The van der Waals surface area contributed by atoms with Gasteiger partial charge in [0.15, 0.2) is 0 Å². The molecule has 0 bridgehead atoms. The Bertz CT molecular complexity index is 816. The van der Waals surface area contributed by atoms with Gasteiger partial charge in [0.1, 0.15) is 18.1 Å². The quantitative estimate of drug-likeness (QED) is 0.732. The fourth-order valence-electron chi connectivity index (χ4n) is 2.00. The lowest BCUT2D eigenvalue weighted by Crippen LogP contribution is -2.06. The van der Waals surface area contributed by atoms with Gasteiger partial charge in [0, 0.05) is 27.8 Å². The van der Waals surface area contributed by atoms with E-state index in [1.165, 1.54) is 12.1 Å². The third-order valence-corrected chi connectivity index (χ3v) is 3.79. The summed E-state index contributed by atoms with van der Waals surface area (Å²) in [7, 11) is 0. The van der Waals surface area contributed by atoms with Gasteiger partial charge in [0.2, 0.25) is 0 Å². The number of rotatable bonds is 3. The van der Waals surface area contributed by atoms with Gasteiger partial charge in [0.25, 0.3) is 0 Å². The van der Waals surface area contributed by atoms with Crippen LogP contribution in [0.15, 0.2) is 47.2 Å². The Labute approximate surface area is 128 Å². The van der Waals surface area contributed by atoms with Crippen LogP contribution in [0.4, 0.5) is 4.39 Å². The number of fused-ring (bicyclic) bond motifs is 1. The highest BCUT2D eigenvalue weighted by Crippen LogP contribution is 2.21. The molecule has 2 heterocycles. The zero-order valence-electron chi connectivity index (χ0n) is 10.8. The Morgan fingerprint density at radius 2 is 2.19 bits per heavy atom. The molecule has 6 heteroatoms. The van der Waals surface area contributed by atoms with Crippen LogP contribution in [0.2, 0.25) is 0 Å². The van der Waals surface area contributed by atoms with Crippen LogP contribution in [0.5, 0.6) is 0 Å². The van der Waals surface area contributed by atoms with Crippen molar-refractivity contribution in [2.45, 2.75) is 6.61 Å². The number of H-pyrrole nitrogens is 1. The van der Waals surface area contributed by atoms with Crippen molar-refractivity contribution in [3.05, 3.63) is 64.1 Å². The molecule has 0 amide bonds. The molecule has 1 aromatic carbocycles. The summed E-state index contributed by atoms with van der Waals surface area (Å²) in [6, 6.07) is 7.61. The van der Waals surface area contributed by atoms with Crippen LogP contribution < -0.4 is 0 Å². The van der Waals surface area contributed by atoms with Crippen molar-refractivity contribution >= 4 is 32.9 Å². The van der Waals surface area contributed by atoms with E-state index in [1.54, 1.807) is 30.6 Å². The molecule has 0 atom stereocenters. The number of benzene rings is 1. The van der Waals surface area contributed by atoms with E-state index in [4.69, 9.17) is 4.74 Å². The lowest BCUT2D eigenvalue weighted by Gasteiger charge is -2.07. The van der Waals surface area contributed by atoms with Gasteiger partial charge >= 0.3 is 5.97 Å². The first kappa shape index (κ1) is 13.8. The van der Waals surface area contributed by atoms with E-state index in [1.807, 2.05) is 0 Å². The van der Waals surface area contributed by atoms with E-state index in [9.17, 15) is 9.18 Å². The first-order valence-electron chi connectivity index (χ1n) is 6.18. The second kappa shape index (κ2) is 5.65. The maximum atomic E-state index is 13.0. The van der Waals surface area contributed by atoms with Gasteiger partial charge in [-0.3, -0.25) is 0 Å². The van der Waals surface area contributed by atoms with Gasteiger partial charge < -0.3 is 9.72 Å². The molecule has 106 valence electrons. The number of hydrogen-bond donors (Lipinski definition) is 1. The van der Waals surface area contributed by atoms with E-state index in [2.05, 4.69) is 25.9 Å². The Balaban J connectivity index is 1.79. The molecule has 0 spiro atoms. The van der Waals surface area contributed by atoms with E-state index in [-0.39, 0.29) is 12.4 Å². The minimum absolute atomic E-state index is 0.0634. The highest BCUT2D eigenvalue weighted by molar-refractivity contribution is 9.10. The normalized spacial score (nSPS) is 10.8. The smallest absolute Gasteiger partial charge is 0.339 e. The summed E-state index contributed by atoms with van der Waals surface area (Å²) in [5, 5.41) is 0.709. The molecule has 0 saturated carbocycles. The molecule has 0 aliphatic heterocycles. The van der Waals surface area contributed by atoms with Gasteiger partial charge in [-0.05, 0) is 24.3 Å². The molecule has 3 aromatic rings. The fourth-order valence-corrected chi connectivity index (χ4v) is 2.46. The van der Waals surface area contributed by atoms with Gasteiger partial charge in [-0.25, -0.2) is 14.2 Å². The highest BCUT2D eigenvalue weighted by atomic mass is 79.9. The van der Waals surface area contributed by atoms with Crippen LogP contribution >= 0.6 is 15.9 Å². The lowest BCUT2D eigenvalue weighted by molar-refractivity contribution is 0.0474. The van der Waals surface area contributed by atoms with Crippen LogP contribution in [0.1, 0.15) is 15.9 Å². The molecule has 0 aliphatic rings. The Morgan fingerprint density at radius 3 is 3.00 bits per heavy atom. The zero-order chi connectivity index (χ0) is 14.8. The number of aromatic nitrogens is 2. The summed E-state index contributed by atoms with van der Waals surface area (Å²) < 4.78 is 18.8. The molecule has 4 nitrogen and oxygen atoms in total. The van der Waals surface area contributed by atoms with Crippen molar-refractivity contribution in [3.63, 3.8) is 0 Å². The number of nitrogens with zero attached hydrogens (tertiary/aromatic N) is 1. The second-order valence-corrected chi connectivity index (χ2v) is 5.26. The van der Waals surface area contributed by atoms with Crippen LogP contribution in [0, 0.1) is 5.82 Å². The van der Waals surface area contributed by atoms with Gasteiger partial charge in [0.05, 0.1) is 5.56 Å². The Hall–Kier alpha value is -2.21. The van der Waals surface area contributed by atoms with Crippen molar-refractivity contribution < 1.29 is 13.9 Å². The summed E-state index contributed by atoms with van der Waals surface area (Å²) >= 11 is 3.24. The van der Waals surface area contributed by atoms with E-state index < -0.39 is 5.97 Å². The first-order chi connectivity index (χ1) is 10.1. The molecule has 2 aromatic heterocycles. The monoisotopic (exact) mass is 348 g/mol. The summed E-state index contributed by atoms with van der Waals surface area (Å²) in [6.07, 6.45) is 3.26. The number of nitrogens with one attached hydrogen (secondary N) is 1. The SMILES string of the molecule is O=C(OCc1ccc(F)cc1Br)c1ccnc2[nH]ccc12. The van der Waals surface area contributed by atoms with E-state index in [0.29, 0.717) is 26.6 Å². The molecule has 0 unspecified atom stereocenters. The molecular weight excluding hydrogens is 339 g/mol. The van der Waals surface area contributed by atoms with Gasteiger partial charge in [-0.15, -0.1) is 0 Å². The minimum atomic E-state index is -0.446. The number of esters is 1. The number of ether oxygens (including phenoxy) is 1. The molecule has 21 heavy (non-hydrogen) atoms. The Kier molecular flexibility index (Phi) is 3.70. The van der Waals surface area contributed by atoms with E-state index >= 15 is 0 Å². The standard InChI is InChI=1S/C15H10BrFN2O2/c16-13-7-10(17)2-1-9(13)8-21-15(20)12-4-6-19-14-11(12)3-5-18-14/h1-7H,8H2,(H,18,19). The number of pyridine rings is 1. The summed E-state index contributed by atoms with van der Waals surface area (Å²) in [5.74, 6) is -0.793. The molecule has 0 aliphatic carbocycles. The Morgan fingerprint density at radius 1 is 1.33 bits per heavy atom. The maximum absolute atomic E-state index is 13.0. The van der Waals surface area contributed by atoms with Gasteiger partial charge in [-0.2, -0.15) is 0 Å². The number of halogens is 2. The van der Waals surface area contributed by atoms with Crippen LogP contribution in [0.3, 0.4) is 0 Å². The van der Waals surface area contributed by atoms with Crippen LogP contribution in [-0.4, -0.2) is 15.9 Å². The molecular formula is C15H10BrFN2O2. The number of aromatic amines is 1.